The van der Waals surface area contributed by atoms with Crippen LogP contribution in [0.2, 0.25) is 0 Å². The van der Waals surface area contributed by atoms with Gasteiger partial charge in [0.2, 0.25) is 5.91 Å². The zero-order valence-corrected chi connectivity index (χ0v) is 59.8. The summed E-state index contributed by atoms with van der Waals surface area (Å²) in [5.41, 5.74) is -2.44. The van der Waals surface area contributed by atoms with Crippen LogP contribution in [0.3, 0.4) is 0 Å². The Morgan fingerprint density at radius 2 is 1.03 bits per heavy atom. The van der Waals surface area contributed by atoms with Crippen molar-refractivity contribution in [2.24, 2.45) is 0 Å². The Bertz CT molecular complexity index is 2530. The van der Waals surface area contributed by atoms with Gasteiger partial charge in [0, 0.05) is 79.6 Å². The van der Waals surface area contributed by atoms with Crippen LogP contribution in [0.25, 0.3) is 0 Å². The first kappa shape index (κ1) is 75.7. The Hall–Kier alpha value is -0.316. The number of H-pyrrole nitrogens is 1. The molecule has 3 aliphatic heterocycles. The Balaban J connectivity index is 0. The fourth-order valence-corrected chi connectivity index (χ4v) is 8.17. The van der Waals surface area contributed by atoms with Crippen LogP contribution < -0.4 is 143 Å². The average molecular weight is 1570 g/mol. The number of amides is 3. The quantitative estimate of drug-likeness (QED) is 0.0962. The second kappa shape index (κ2) is 31.4. The van der Waals surface area contributed by atoms with E-state index in [0.29, 0.717) is 77.3 Å². The van der Waals surface area contributed by atoms with Gasteiger partial charge in [0.1, 0.15) is 38.1 Å². The largest absolute Gasteiger partial charge is 1.00 e. The molecule has 0 bridgehead atoms. The number of fused-ring (bicyclic) bond motifs is 3. The molecule has 424 valence electrons. The van der Waals surface area contributed by atoms with Gasteiger partial charge in [0.05, 0.1) is 19.6 Å². The zero-order valence-electron chi connectivity index (χ0n) is 42.7. The van der Waals surface area contributed by atoms with E-state index in [0.717, 1.165) is 31.6 Å². The van der Waals surface area contributed by atoms with Gasteiger partial charge in [-0.15, -0.1) is 0 Å². The van der Waals surface area contributed by atoms with Crippen LogP contribution in [0.15, 0.2) is 13.8 Å². The van der Waals surface area contributed by atoms with E-state index in [4.69, 9.17) is 19.5 Å². The molecule has 0 unspecified atom stereocenters. The maximum absolute atomic E-state index is 12.6. The summed E-state index contributed by atoms with van der Waals surface area (Å²) in [5, 5.41) is 23.2. The maximum atomic E-state index is 12.6. The van der Waals surface area contributed by atoms with Crippen LogP contribution in [-0.4, -0.2) is 139 Å². The molecule has 0 fully saturated rings. The van der Waals surface area contributed by atoms with Gasteiger partial charge >= 0.3 is 184 Å². The number of ether oxygens (including phenoxy) is 2. The van der Waals surface area contributed by atoms with Gasteiger partial charge in [-0.2, -0.15) is 76.4 Å². The Morgan fingerprint density at radius 1 is 0.658 bits per heavy atom. The van der Waals surface area contributed by atoms with Gasteiger partial charge in [0.25, 0.3) is 6.47 Å². The minimum Gasteiger partial charge on any atom is -1.00 e. The standard InChI is InChI=1S/C13H17BrF3N3O2.C11H16BrN3O2.C10H11BrF3N3O.C3H2F6O3S.CH2O3.2Cs.H/c1-12(2,3)22-11(21)19-5-4-9-8(6-19)10(14)18-20(9)7-13(15,16)17;1-11(2,3)17-10(16)15-5-4-8-7(6-15)9(12)14-13-8;1-6(18)16-3-2-8-7(4-16)9(11)15-17(8)5-10(12,13)14;4-2(5,6)1-12-13(10,11)3(7,8)9;2-1-4-3;;;/h4-7H2,1-3H3;4-6H2,1-3H3,(H,13,14);2-5H2,1H3;1H2;1,3H;;;/q;;;;;2*+1;-1/p-1. The van der Waals surface area contributed by atoms with Crippen molar-refractivity contribution in [1.82, 2.24) is 44.5 Å². The molecular formula is C38H48Br3Cs2F12N9O11S. The van der Waals surface area contributed by atoms with Crippen LogP contribution in [0.5, 0.6) is 0 Å². The van der Waals surface area contributed by atoms with Crippen LogP contribution in [0.1, 0.15) is 83.7 Å². The van der Waals surface area contributed by atoms with Crippen molar-refractivity contribution < 1.29 is 243 Å². The van der Waals surface area contributed by atoms with E-state index < -0.39 is 71.1 Å². The summed E-state index contributed by atoms with van der Waals surface area (Å²) in [4.78, 5) is 51.2. The summed E-state index contributed by atoms with van der Waals surface area (Å²) in [6.45, 7) is 9.87. The third kappa shape index (κ3) is 26.7. The predicted octanol–water partition coefficient (Wildman–Crippen LogP) is 2.05. The zero-order chi connectivity index (χ0) is 57.2. The summed E-state index contributed by atoms with van der Waals surface area (Å²) < 4.78 is 179. The Labute approximate surface area is 570 Å². The molecule has 0 spiro atoms. The summed E-state index contributed by atoms with van der Waals surface area (Å²) in [7, 11) is -6.15. The van der Waals surface area contributed by atoms with Gasteiger partial charge < -0.3 is 35.7 Å². The first-order valence-corrected chi connectivity index (χ1v) is 24.6. The summed E-state index contributed by atoms with van der Waals surface area (Å²) in [5.74, 6) is -0.0869. The fraction of sp³-hybridized carbons (Fsp3) is 0.658. The molecule has 3 amide bonds. The van der Waals surface area contributed by atoms with Crippen molar-refractivity contribution in [2.75, 3.05) is 26.2 Å². The number of rotatable bonds is 5. The second-order valence-corrected chi connectivity index (χ2v) is 21.3. The van der Waals surface area contributed by atoms with Crippen molar-refractivity contribution in [3.8, 4) is 0 Å². The number of nitrogens with zero attached hydrogens (tertiary/aromatic N) is 8. The summed E-state index contributed by atoms with van der Waals surface area (Å²) in [6, 6.07) is 0. The molecule has 1 N–H and O–H groups in total. The molecule has 0 saturated carbocycles. The molecule has 3 aromatic rings. The number of halogens is 15. The summed E-state index contributed by atoms with van der Waals surface area (Å²) >= 11 is 9.69. The number of aromatic amines is 1. The van der Waals surface area contributed by atoms with Crippen LogP contribution in [-0.2, 0) is 90.2 Å². The van der Waals surface area contributed by atoms with Crippen molar-refractivity contribution in [3.63, 3.8) is 0 Å². The molecule has 6 rings (SSSR count). The number of nitrogens with one attached hydrogen (secondary N) is 1. The third-order valence-corrected chi connectivity index (χ3v) is 12.1. The van der Waals surface area contributed by atoms with E-state index in [2.05, 4.69) is 77.3 Å². The first-order chi connectivity index (χ1) is 33.5. The number of hydrogen-bond acceptors (Lipinski definition) is 14. The molecule has 3 aromatic heterocycles. The molecule has 0 atom stereocenters. The molecular weight excluding hydrogens is 1520 g/mol. The Morgan fingerprint density at radius 3 is 1.37 bits per heavy atom. The minimum absolute atomic E-state index is 0. The van der Waals surface area contributed by atoms with Crippen LogP contribution >= 0.6 is 47.8 Å². The molecule has 38 heteroatoms. The van der Waals surface area contributed by atoms with E-state index in [1.807, 2.05) is 20.8 Å². The molecule has 3 aliphatic rings. The van der Waals surface area contributed by atoms with Crippen molar-refractivity contribution in [2.45, 2.75) is 136 Å². The monoisotopic (exact) mass is 1570 g/mol. The molecule has 20 nitrogen and oxygen atoms in total. The van der Waals surface area contributed by atoms with E-state index in [9.17, 15) is 75.5 Å². The fourth-order valence-electron chi connectivity index (χ4n) is 6.20. The minimum atomic E-state index is -6.15. The molecule has 0 aromatic carbocycles. The molecule has 0 saturated heterocycles. The van der Waals surface area contributed by atoms with Crippen molar-refractivity contribution in [3.05, 3.63) is 47.6 Å². The number of carbonyl (C=O) groups excluding carboxylic acids is 4. The second-order valence-electron chi connectivity index (χ2n) is 17.4. The average Bonchev–Trinajstić information content (AvgIpc) is 3.87. The molecule has 0 radical (unpaired) electrons. The third-order valence-electron chi connectivity index (χ3n) is 9.16. The summed E-state index contributed by atoms with van der Waals surface area (Å²) in [6.07, 6.45) is -13.0. The predicted molar refractivity (Wildman–Crippen MR) is 239 cm³/mol. The molecule has 6 heterocycles. The normalized spacial score (nSPS) is 14.5. The Kier molecular flexibility index (Phi) is 31.2. The molecule has 0 aliphatic carbocycles. The number of carbonyl (C=O) groups is 4. The van der Waals surface area contributed by atoms with E-state index in [1.165, 1.54) is 11.8 Å². The molecule has 76 heavy (non-hydrogen) atoms. The maximum Gasteiger partial charge on any atom is 1.00 e. The SMILES string of the molecule is CC(=O)N1CCc2c(c(Br)nn2CC(F)(F)F)C1.CC(C)(C)OC(=O)N1CCc2[nH]nc(Br)c2C1.CC(C)(C)OC(=O)N1CCc2c(c(Br)nn2CC(F)(F)F)C1.O=CO[O-].O=S(=O)(OCC(F)(F)F)C(F)(F)F.[Cs+].[Cs+].[H-]. The smallest absolute Gasteiger partial charge is 1.00 e. The van der Waals surface area contributed by atoms with Crippen LogP contribution in [0.4, 0.5) is 62.3 Å². The van der Waals surface area contributed by atoms with Crippen LogP contribution in [0, 0.1) is 0 Å². The van der Waals surface area contributed by atoms with Gasteiger partial charge in [-0.1, -0.05) is 0 Å². The van der Waals surface area contributed by atoms with Gasteiger partial charge in [-0.05, 0) is 89.3 Å². The van der Waals surface area contributed by atoms with Crippen molar-refractivity contribution in [1.29, 1.82) is 0 Å². The van der Waals surface area contributed by atoms with Gasteiger partial charge in [0.15, 0.2) is 6.61 Å². The van der Waals surface area contributed by atoms with Gasteiger partial charge in [-0.3, -0.25) is 28.2 Å². The van der Waals surface area contributed by atoms with Gasteiger partial charge in [-0.25, -0.2) is 9.59 Å². The van der Waals surface area contributed by atoms with E-state index in [1.54, 1.807) is 30.6 Å². The number of alkyl halides is 12. The first-order valence-electron chi connectivity index (χ1n) is 20.8. The topological polar surface area (TPSA) is 236 Å². The van der Waals surface area contributed by atoms with E-state index >= 15 is 0 Å². The van der Waals surface area contributed by atoms with E-state index in [-0.39, 0.29) is 164 Å². The van der Waals surface area contributed by atoms with Crippen molar-refractivity contribution >= 4 is 82.5 Å². The number of aromatic nitrogens is 6. The number of hydrogen-bond donors (Lipinski definition) is 1.